The van der Waals surface area contributed by atoms with Crippen LogP contribution in [0.25, 0.3) is 0 Å². The molecular formula is C8H12N4S. The molecular weight excluding hydrogens is 184 g/mol. The van der Waals surface area contributed by atoms with Crippen LogP contribution in [-0.4, -0.2) is 29.6 Å². The van der Waals surface area contributed by atoms with Crippen molar-refractivity contribution < 1.29 is 0 Å². The first-order valence-corrected chi connectivity index (χ1v) is 5.25. The molecule has 0 bridgehead atoms. The van der Waals surface area contributed by atoms with Gasteiger partial charge >= 0.3 is 0 Å². The molecule has 0 radical (unpaired) electrons. The van der Waals surface area contributed by atoms with Gasteiger partial charge in [0.05, 0.1) is 24.3 Å². The maximum atomic E-state index is 4.21. The lowest BCUT2D eigenvalue weighted by molar-refractivity contribution is 0.324. The normalized spacial score (nSPS) is 15.6. The monoisotopic (exact) mass is 196 g/mol. The van der Waals surface area contributed by atoms with Gasteiger partial charge < -0.3 is 0 Å². The first kappa shape index (κ1) is 8.62. The minimum atomic E-state index is 0.849. The second-order valence-corrected chi connectivity index (χ2v) is 3.96. The number of nitrogens with zero attached hydrogens (tertiary/aromatic N) is 4. The van der Waals surface area contributed by atoms with Gasteiger partial charge in [-0.25, -0.2) is 4.98 Å². The molecule has 0 saturated heterocycles. The fourth-order valence-corrected chi connectivity index (χ4v) is 2.06. The highest BCUT2D eigenvalue weighted by molar-refractivity contribution is 7.09. The molecule has 0 aliphatic carbocycles. The van der Waals surface area contributed by atoms with E-state index in [1.165, 1.54) is 4.88 Å². The van der Waals surface area contributed by atoms with E-state index in [-0.39, 0.29) is 0 Å². The Morgan fingerprint density at radius 1 is 1.62 bits per heavy atom. The lowest BCUT2D eigenvalue weighted by Gasteiger charge is -2.09. The molecule has 1 aromatic heterocycles. The lowest BCUT2D eigenvalue weighted by Crippen LogP contribution is -2.18. The molecule has 0 spiro atoms. The molecule has 2 rings (SSSR count). The summed E-state index contributed by atoms with van der Waals surface area (Å²) in [6, 6.07) is 0. The quantitative estimate of drug-likeness (QED) is 0.738. The maximum absolute atomic E-state index is 4.21. The van der Waals surface area contributed by atoms with Crippen molar-refractivity contribution >= 4 is 11.3 Å². The highest BCUT2D eigenvalue weighted by Gasteiger charge is 2.08. The molecule has 0 unspecified atom stereocenters. The third-order valence-corrected chi connectivity index (χ3v) is 3.08. The van der Waals surface area contributed by atoms with E-state index in [0.29, 0.717) is 0 Å². The van der Waals surface area contributed by atoms with Crippen LogP contribution in [0, 0.1) is 6.92 Å². The van der Waals surface area contributed by atoms with E-state index in [1.54, 1.807) is 11.3 Å². The minimum absolute atomic E-state index is 0.849. The smallest absolute Gasteiger partial charge is 0.0813 e. The molecule has 0 fully saturated rings. The first-order valence-electron chi connectivity index (χ1n) is 4.37. The molecule has 1 aromatic rings. The Bertz CT molecular complexity index is 307. The van der Waals surface area contributed by atoms with Crippen LogP contribution in [0.4, 0.5) is 0 Å². The van der Waals surface area contributed by atoms with Crippen LogP contribution in [0.2, 0.25) is 0 Å². The molecule has 0 atom stereocenters. The van der Waals surface area contributed by atoms with Crippen molar-refractivity contribution in [1.29, 1.82) is 0 Å². The average molecular weight is 196 g/mol. The number of rotatable bonds is 3. The van der Waals surface area contributed by atoms with Crippen LogP contribution in [0.1, 0.15) is 10.6 Å². The lowest BCUT2D eigenvalue weighted by atomic mass is 10.3. The van der Waals surface area contributed by atoms with E-state index in [2.05, 4.69) is 22.2 Å². The Hall–Kier alpha value is -0.970. The average Bonchev–Trinajstić information content (AvgIpc) is 2.72. The van der Waals surface area contributed by atoms with Crippen LogP contribution in [0.15, 0.2) is 15.8 Å². The summed E-state index contributed by atoms with van der Waals surface area (Å²) in [5, 5.41) is 9.95. The van der Waals surface area contributed by atoms with Gasteiger partial charge in [-0.1, -0.05) is 5.22 Å². The maximum Gasteiger partial charge on any atom is 0.0813 e. The molecule has 1 aliphatic heterocycles. The minimum Gasteiger partial charge on any atom is -0.277 e. The predicted octanol–water partition coefficient (Wildman–Crippen LogP) is 1.68. The topological polar surface area (TPSA) is 40.9 Å². The fraction of sp³-hybridized carbons (Fsp3) is 0.625. The molecule has 70 valence electrons. The van der Waals surface area contributed by atoms with Crippen molar-refractivity contribution in [1.82, 2.24) is 9.99 Å². The zero-order valence-electron chi connectivity index (χ0n) is 7.60. The van der Waals surface area contributed by atoms with Crippen molar-refractivity contribution in [3.05, 3.63) is 16.1 Å². The zero-order valence-corrected chi connectivity index (χ0v) is 8.42. The van der Waals surface area contributed by atoms with Crippen LogP contribution in [0.3, 0.4) is 0 Å². The molecule has 0 saturated carbocycles. The fourth-order valence-electron chi connectivity index (χ4n) is 1.29. The van der Waals surface area contributed by atoms with Crippen molar-refractivity contribution in [3.63, 3.8) is 0 Å². The third kappa shape index (κ3) is 2.03. The van der Waals surface area contributed by atoms with Crippen molar-refractivity contribution in [2.45, 2.75) is 13.3 Å². The van der Waals surface area contributed by atoms with Gasteiger partial charge in [0.25, 0.3) is 0 Å². The summed E-state index contributed by atoms with van der Waals surface area (Å²) in [7, 11) is 0. The summed E-state index contributed by atoms with van der Waals surface area (Å²) in [5.74, 6) is 0. The third-order valence-electron chi connectivity index (χ3n) is 2.09. The summed E-state index contributed by atoms with van der Waals surface area (Å²) in [6.45, 7) is 4.84. The van der Waals surface area contributed by atoms with E-state index in [0.717, 1.165) is 31.7 Å². The van der Waals surface area contributed by atoms with E-state index in [1.807, 2.05) is 10.5 Å². The number of hydrogen-bond acceptors (Lipinski definition) is 5. The van der Waals surface area contributed by atoms with Gasteiger partial charge in [-0.3, -0.25) is 5.01 Å². The van der Waals surface area contributed by atoms with Gasteiger partial charge in [0.15, 0.2) is 0 Å². The Balaban J connectivity index is 1.85. The first-order chi connectivity index (χ1) is 6.36. The Kier molecular flexibility index (Phi) is 2.54. The Labute approximate surface area is 81.3 Å². The summed E-state index contributed by atoms with van der Waals surface area (Å²) < 4.78 is 0. The van der Waals surface area contributed by atoms with Crippen LogP contribution in [-0.2, 0) is 6.42 Å². The van der Waals surface area contributed by atoms with Crippen LogP contribution >= 0.6 is 11.3 Å². The Morgan fingerprint density at radius 2 is 2.54 bits per heavy atom. The largest absolute Gasteiger partial charge is 0.277 e. The van der Waals surface area contributed by atoms with Gasteiger partial charge in [0, 0.05) is 17.8 Å². The molecule has 2 heterocycles. The van der Waals surface area contributed by atoms with E-state index < -0.39 is 0 Å². The van der Waals surface area contributed by atoms with Gasteiger partial charge in [-0.15, -0.1) is 11.3 Å². The van der Waals surface area contributed by atoms with Gasteiger partial charge in [0.1, 0.15) is 0 Å². The summed E-state index contributed by atoms with van der Waals surface area (Å²) in [6.07, 6.45) is 1.04. The molecule has 0 aromatic carbocycles. The molecule has 1 aliphatic rings. The number of aryl methyl sites for hydroxylation is 1. The molecule has 0 N–H and O–H groups in total. The van der Waals surface area contributed by atoms with Crippen LogP contribution < -0.4 is 0 Å². The van der Waals surface area contributed by atoms with Gasteiger partial charge in [-0.05, 0) is 6.92 Å². The molecule has 4 nitrogen and oxygen atoms in total. The van der Waals surface area contributed by atoms with E-state index in [4.69, 9.17) is 0 Å². The SMILES string of the molecule is Cc1ncsc1CCN1CCN=N1. The van der Waals surface area contributed by atoms with Crippen LogP contribution in [0.5, 0.6) is 0 Å². The second-order valence-electron chi connectivity index (χ2n) is 3.02. The second kappa shape index (κ2) is 3.83. The standard InChI is InChI=1S/C8H12N4S/c1-7-8(13-6-9-7)2-4-12-5-3-10-11-12/h6H,2-5H2,1H3. The summed E-state index contributed by atoms with van der Waals surface area (Å²) in [4.78, 5) is 5.57. The predicted molar refractivity (Wildman–Crippen MR) is 51.9 cm³/mol. The molecule has 0 amide bonds. The zero-order chi connectivity index (χ0) is 9.10. The summed E-state index contributed by atoms with van der Waals surface area (Å²) in [5.41, 5.74) is 3.05. The Morgan fingerprint density at radius 3 is 3.15 bits per heavy atom. The van der Waals surface area contributed by atoms with Crippen molar-refractivity contribution in [3.8, 4) is 0 Å². The number of aromatic nitrogens is 1. The highest BCUT2D eigenvalue weighted by Crippen LogP contribution is 2.13. The van der Waals surface area contributed by atoms with E-state index in [9.17, 15) is 0 Å². The van der Waals surface area contributed by atoms with Crippen molar-refractivity contribution in [2.75, 3.05) is 19.6 Å². The molecule has 13 heavy (non-hydrogen) atoms. The van der Waals surface area contributed by atoms with Gasteiger partial charge in [0.2, 0.25) is 0 Å². The molecule has 5 heteroatoms. The van der Waals surface area contributed by atoms with Gasteiger partial charge in [-0.2, -0.15) is 5.11 Å². The number of hydrogen-bond donors (Lipinski definition) is 0. The number of thiazole rings is 1. The van der Waals surface area contributed by atoms with Crippen molar-refractivity contribution in [2.24, 2.45) is 10.3 Å². The van der Waals surface area contributed by atoms with E-state index >= 15 is 0 Å². The highest BCUT2D eigenvalue weighted by atomic mass is 32.1. The summed E-state index contributed by atoms with van der Waals surface area (Å²) >= 11 is 1.72.